The van der Waals surface area contributed by atoms with Gasteiger partial charge in [-0.1, -0.05) is 6.07 Å². The van der Waals surface area contributed by atoms with Gasteiger partial charge in [0.15, 0.2) is 0 Å². The summed E-state index contributed by atoms with van der Waals surface area (Å²) in [4.78, 5) is 13.6. The molecule has 0 radical (unpaired) electrons. The van der Waals surface area contributed by atoms with E-state index in [0.29, 0.717) is 23.1 Å². The molecule has 3 heterocycles. The maximum Gasteiger partial charge on any atom is 0.573 e. The minimum Gasteiger partial charge on any atom is -0.406 e. The lowest BCUT2D eigenvalue weighted by atomic mass is 10.2. The number of hydrogen-bond donors (Lipinski definition) is 1. The molecule has 4 aromatic rings. The molecule has 0 atom stereocenters. The van der Waals surface area contributed by atoms with E-state index >= 15 is 0 Å². The zero-order valence-corrected chi connectivity index (χ0v) is 15.6. The second-order valence-electron chi connectivity index (χ2n) is 7.07. The number of imidazole rings is 1. The average Bonchev–Trinajstić information content (AvgIpc) is 3.47. The normalized spacial score (nSPS) is 14.1. The van der Waals surface area contributed by atoms with Crippen molar-refractivity contribution in [1.82, 2.24) is 19.4 Å². The summed E-state index contributed by atoms with van der Waals surface area (Å²) in [7, 11) is 0. The number of aromatic nitrogens is 4. The van der Waals surface area contributed by atoms with Gasteiger partial charge in [-0.15, -0.1) is 13.2 Å². The Bertz CT molecular complexity index is 1200. The average molecular weight is 411 g/mol. The fourth-order valence-corrected chi connectivity index (χ4v) is 3.25. The van der Waals surface area contributed by atoms with Gasteiger partial charge in [0.05, 0.1) is 23.8 Å². The molecular formula is C21H16F3N5O. The zero-order valence-electron chi connectivity index (χ0n) is 15.6. The van der Waals surface area contributed by atoms with Crippen LogP contribution < -0.4 is 10.1 Å². The van der Waals surface area contributed by atoms with Crippen LogP contribution in [0.3, 0.4) is 0 Å². The lowest BCUT2D eigenvalue weighted by molar-refractivity contribution is -0.274. The highest BCUT2D eigenvalue weighted by atomic mass is 19.4. The Morgan fingerprint density at radius 1 is 1.00 bits per heavy atom. The van der Waals surface area contributed by atoms with Crippen molar-refractivity contribution in [3.05, 3.63) is 66.7 Å². The first-order chi connectivity index (χ1) is 14.4. The number of halogens is 3. The molecule has 1 aromatic carbocycles. The van der Waals surface area contributed by atoms with Crippen LogP contribution in [0.4, 0.5) is 24.7 Å². The van der Waals surface area contributed by atoms with Crippen molar-refractivity contribution >= 4 is 17.2 Å². The highest BCUT2D eigenvalue weighted by Crippen LogP contribution is 2.39. The van der Waals surface area contributed by atoms with Crippen molar-refractivity contribution in [3.8, 4) is 17.1 Å². The number of hydrogen-bond acceptors (Lipinski definition) is 5. The summed E-state index contributed by atoms with van der Waals surface area (Å²) in [6.45, 7) is 0. The summed E-state index contributed by atoms with van der Waals surface area (Å²) in [6.07, 6.45) is 2.88. The first-order valence-corrected chi connectivity index (χ1v) is 9.38. The van der Waals surface area contributed by atoms with Crippen LogP contribution in [-0.4, -0.2) is 25.7 Å². The van der Waals surface area contributed by atoms with Crippen LogP contribution in [0.25, 0.3) is 17.0 Å². The smallest absolute Gasteiger partial charge is 0.406 e. The number of pyridine rings is 1. The Kier molecular flexibility index (Phi) is 4.30. The van der Waals surface area contributed by atoms with Crippen molar-refractivity contribution < 1.29 is 17.9 Å². The quantitative estimate of drug-likeness (QED) is 0.482. The molecule has 1 aliphatic rings. The monoisotopic (exact) mass is 411 g/mol. The maximum absolute atomic E-state index is 12.3. The highest BCUT2D eigenvalue weighted by molar-refractivity contribution is 5.63. The third kappa shape index (κ3) is 3.91. The third-order valence-electron chi connectivity index (χ3n) is 4.76. The Hall–Kier alpha value is -3.62. The van der Waals surface area contributed by atoms with Crippen LogP contribution in [0.1, 0.15) is 24.5 Å². The Morgan fingerprint density at radius 2 is 1.80 bits per heavy atom. The Balaban J connectivity index is 1.40. The molecule has 3 aromatic heterocycles. The SMILES string of the molecule is FC(F)(F)Oc1ccc(Nc2cncc(-c3cccc4nc(C5CC5)cn34)n2)cc1. The first-order valence-electron chi connectivity index (χ1n) is 9.38. The molecule has 6 nitrogen and oxygen atoms in total. The molecule has 152 valence electrons. The van der Waals surface area contributed by atoms with Gasteiger partial charge in [-0.05, 0) is 49.2 Å². The molecule has 1 fully saturated rings. The zero-order chi connectivity index (χ0) is 20.7. The van der Waals surface area contributed by atoms with Gasteiger partial charge < -0.3 is 10.1 Å². The number of benzene rings is 1. The van der Waals surface area contributed by atoms with E-state index < -0.39 is 6.36 Å². The summed E-state index contributed by atoms with van der Waals surface area (Å²) < 4.78 is 42.8. The summed E-state index contributed by atoms with van der Waals surface area (Å²) in [5.41, 5.74) is 4.02. The van der Waals surface area contributed by atoms with E-state index in [-0.39, 0.29) is 5.75 Å². The summed E-state index contributed by atoms with van der Waals surface area (Å²) in [5, 5.41) is 3.05. The minimum atomic E-state index is -4.72. The van der Waals surface area contributed by atoms with E-state index in [1.807, 2.05) is 28.8 Å². The molecule has 0 saturated heterocycles. The number of alkyl halides is 3. The van der Waals surface area contributed by atoms with Crippen LogP contribution in [0, 0.1) is 0 Å². The molecule has 0 spiro atoms. The molecule has 0 unspecified atom stereocenters. The lowest BCUT2D eigenvalue weighted by Crippen LogP contribution is -2.16. The standard InChI is InChI=1S/C21H16F3N5O/c22-21(23,24)30-15-8-6-14(7-9-15)26-19-11-25-10-16(27-19)18-2-1-3-20-28-17(12-29(18)20)13-4-5-13/h1-3,6-13H,4-5H2,(H,26,27). The van der Waals surface area contributed by atoms with Gasteiger partial charge >= 0.3 is 6.36 Å². The van der Waals surface area contributed by atoms with E-state index in [4.69, 9.17) is 4.98 Å². The van der Waals surface area contributed by atoms with E-state index in [9.17, 15) is 13.2 Å². The van der Waals surface area contributed by atoms with Gasteiger partial charge in [0.2, 0.25) is 0 Å². The number of fused-ring (bicyclic) bond motifs is 1. The van der Waals surface area contributed by atoms with Gasteiger partial charge in [0, 0.05) is 17.8 Å². The molecule has 1 N–H and O–H groups in total. The number of nitrogens with zero attached hydrogens (tertiary/aromatic N) is 4. The predicted octanol–water partition coefficient (Wildman–Crippen LogP) is 5.31. The second kappa shape index (κ2) is 7.01. The molecule has 0 amide bonds. The fraction of sp³-hybridized carbons (Fsp3) is 0.190. The molecule has 0 bridgehead atoms. The molecule has 9 heteroatoms. The van der Waals surface area contributed by atoms with Crippen molar-refractivity contribution in [2.75, 3.05) is 5.32 Å². The van der Waals surface area contributed by atoms with Gasteiger partial charge in [-0.3, -0.25) is 9.38 Å². The number of anilines is 2. The summed E-state index contributed by atoms with van der Waals surface area (Å²) >= 11 is 0. The van der Waals surface area contributed by atoms with Crippen molar-refractivity contribution in [2.45, 2.75) is 25.1 Å². The topological polar surface area (TPSA) is 64.3 Å². The third-order valence-corrected chi connectivity index (χ3v) is 4.76. The summed E-state index contributed by atoms with van der Waals surface area (Å²) in [6, 6.07) is 11.3. The molecule has 5 rings (SSSR count). The molecule has 1 saturated carbocycles. The van der Waals surface area contributed by atoms with Crippen LogP contribution in [0.5, 0.6) is 5.75 Å². The van der Waals surface area contributed by atoms with Crippen LogP contribution in [-0.2, 0) is 0 Å². The van der Waals surface area contributed by atoms with E-state index in [0.717, 1.165) is 17.0 Å². The predicted molar refractivity (Wildman–Crippen MR) is 105 cm³/mol. The van der Waals surface area contributed by atoms with Gasteiger partial charge in [-0.25, -0.2) is 9.97 Å². The van der Waals surface area contributed by atoms with Gasteiger partial charge in [0.25, 0.3) is 0 Å². The van der Waals surface area contributed by atoms with E-state index in [1.54, 1.807) is 12.4 Å². The van der Waals surface area contributed by atoms with Gasteiger partial charge in [-0.2, -0.15) is 0 Å². The van der Waals surface area contributed by atoms with Crippen LogP contribution >= 0.6 is 0 Å². The highest BCUT2D eigenvalue weighted by Gasteiger charge is 2.31. The molecular weight excluding hydrogens is 395 g/mol. The maximum atomic E-state index is 12.3. The van der Waals surface area contributed by atoms with E-state index in [2.05, 4.69) is 20.0 Å². The number of nitrogens with one attached hydrogen (secondary N) is 1. The molecule has 0 aliphatic heterocycles. The van der Waals surface area contributed by atoms with Gasteiger partial charge in [0.1, 0.15) is 22.9 Å². The number of rotatable bonds is 5. The largest absolute Gasteiger partial charge is 0.573 e. The molecule has 30 heavy (non-hydrogen) atoms. The minimum absolute atomic E-state index is 0.286. The summed E-state index contributed by atoms with van der Waals surface area (Å²) in [5.74, 6) is 0.726. The van der Waals surface area contributed by atoms with Crippen molar-refractivity contribution in [3.63, 3.8) is 0 Å². The van der Waals surface area contributed by atoms with Crippen molar-refractivity contribution in [2.24, 2.45) is 0 Å². The van der Waals surface area contributed by atoms with Crippen molar-refractivity contribution in [1.29, 1.82) is 0 Å². The Morgan fingerprint density at radius 3 is 2.53 bits per heavy atom. The van der Waals surface area contributed by atoms with Crippen LogP contribution in [0.2, 0.25) is 0 Å². The Labute approximate surface area is 169 Å². The number of ether oxygens (including phenoxy) is 1. The molecule has 1 aliphatic carbocycles. The fourth-order valence-electron chi connectivity index (χ4n) is 3.25. The lowest BCUT2D eigenvalue weighted by Gasteiger charge is -2.11. The van der Waals surface area contributed by atoms with E-state index in [1.165, 1.54) is 37.1 Å². The first kappa shape index (κ1) is 18.4. The second-order valence-corrected chi connectivity index (χ2v) is 7.07. The van der Waals surface area contributed by atoms with Crippen LogP contribution in [0.15, 0.2) is 61.1 Å².